The molecule has 0 spiro atoms. The molecule has 18 heavy (non-hydrogen) atoms. The zero-order chi connectivity index (χ0) is 13.0. The number of nitrogens with two attached hydrogens (primary N) is 1. The van der Waals surface area contributed by atoms with Gasteiger partial charge in [-0.25, -0.2) is 10.8 Å². The van der Waals surface area contributed by atoms with Gasteiger partial charge in [0.25, 0.3) is 0 Å². The molecule has 0 unspecified atom stereocenters. The molecule has 0 saturated heterocycles. The largest absolute Gasteiger partial charge is 0.308 e. The summed E-state index contributed by atoms with van der Waals surface area (Å²) in [5, 5.41) is 0. The highest BCUT2D eigenvalue weighted by Crippen LogP contribution is 2.20. The van der Waals surface area contributed by atoms with Gasteiger partial charge in [0.05, 0.1) is 5.69 Å². The third-order valence-corrected chi connectivity index (χ3v) is 3.20. The normalized spacial score (nSPS) is 11.4. The number of nitrogens with one attached hydrogen (secondary N) is 1. The number of para-hydroxylation sites is 1. The van der Waals surface area contributed by atoms with Gasteiger partial charge in [0.2, 0.25) is 0 Å². The van der Waals surface area contributed by atoms with Gasteiger partial charge in [0.1, 0.15) is 5.84 Å². The summed E-state index contributed by atoms with van der Waals surface area (Å²) in [6.45, 7) is 2.03. The Morgan fingerprint density at radius 1 is 1.17 bits per heavy atom. The Bertz CT molecular complexity index is 565. The van der Waals surface area contributed by atoms with Crippen molar-refractivity contribution in [3.63, 3.8) is 0 Å². The molecular formula is C14H14BrN3. The molecule has 0 amide bonds. The van der Waals surface area contributed by atoms with Crippen LogP contribution in [0.5, 0.6) is 0 Å². The summed E-state index contributed by atoms with van der Waals surface area (Å²) in [4.78, 5) is 4.50. The minimum atomic E-state index is 0.636. The predicted molar refractivity (Wildman–Crippen MR) is 78.8 cm³/mol. The third-order valence-electron chi connectivity index (χ3n) is 2.51. The van der Waals surface area contributed by atoms with E-state index in [0.29, 0.717) is 5.84 Å². The van der Waals surface area contributed by atoms with Crippen LogP contribution >= 0.6 is 15.9 Å². The minimum Gasteiger partial charge on any atom is -0.308 e. The average Bonchev–Trinajstić information content (AvgIpc) is 2.40. The van der Waals surface area contributed by atoms with Crippen LogP contribution in [0.25, 0.3) is 0 Å². The predicted octanol–water partition coefficient (Wildman–Crippen LogP) is 3.30. The van der Waals surface area contributed by atoms with Crippen LogP contribution < -0.4 is 11.3 Å². The molecule has 2 rings (SSSR count). The molecule has 0 heterocycles. The number of nitrogens with zero attached hydrogens (tertiary/aromatic N) is 1. The Labute approximate surface area is 115 Å². The lowest BCUT2D eigenvalue weighted by molar-refractivity contribution is 1.02. The van der Waals surface area contributed by atoms with Gasteiger partial charge in [0, 0.05) is 10.0 Å². The van der Waals surface area contributed by atoms with E-state index >= 15 is 0 Å². The molecule has 4 heteroatoms. The average molecular weight is 304 g/mol. The summed E-state index contributed by atoms with van der Waals surface area (Å²) in [5.41, 5.74) is 5.62. The molecule has 3 nitrogen and oxygen atoms in total. The molecule has 0 atom stereocenters. The highest BCUT2D eigenvalue weighted by molar-refractivity contribution is 9.10. The van der Waals surface area contributed by atoms with E-state index < -0.39 is 0 Å². The van der Waals surface area contributed by atoms with E-state index in [9.17, 15) is 0 Å². The second-order valence-electron chi connectivity index (χ2n) is 3.92. The Morgan fingerprint density at radius 3 is 2.56 bits per heavy atom. The van der Waals surface area contributed by atoms with Gasteiger partial charge in [0.15, 0.2) is 0 Å². The quantitative estimate of drug-likeness (QED) is 0.387. The van der Waals surface area contributed by atoms with E-state index in [1.165, 1.54) is 0 Å². The Balaban J connectivity index is 2.45. The van der Waals surface area contributed by atoms with Crippen molar-refractivity contribution in [2.75, 3.05) is 0 Å². The zero-order valence-corrected chi connectivity index (χ0v) is 11.6. The topological polar surface area (TPSA) is 50.4 Å². The maximum Gasteiger partial charge on any atom is 0.149 e. The molecule has 3 N–H and O–H groups in total. The fourth-order valence-electron chi connectivity index (χ4n) is 1.62. The number of halogens is 1. The van der Waals surface area contributed by atoms with Gasteiger partial charge < -0.3 is 5.43 Å². The highest BCUT2D eigenvalue weighted by atomic mass is 79.9. The number of benzene rings is 2. The second kappa shape index (κ2) is 5.80. The SMILES string of the molecule is Cc1ccc(Br)c(C(=Nc2ccccc2)NN)c1. The van der Waals surface area contributed by atoms with Crippen molar-refractivity contribution in [3.8, 4) is 0 Å². The summed E-state index contributed by atoms with van der Waals surface area (Å²) in [5.74, 6) is 6.21. The summed E-state index contributed by atoms with van der Waals surface area (Å²) < 4.78 is 0.959. The molecule has 2 aromatic carbocycles. The maximum atomic E-state index is 5.57. The molecule has 0 radical (unpaired) electrons. The van der Waals surface area contributed by atoms with Gasteiger partial charge >= 0.3 is 0 Å². The van der Waals surface area contributed by atoms with E-state index in [4.69, 9.17) is 5.84 Å². The van der Waals surface area contributed by atoms with Crippen LogP contribution in [-0.2, 0) is 0 Å². The number of hydrogen-bond acceptors (Lipinski definition) is 2. The molecule has 2 aromatic rings. The lowest BCUT2D eigenvalue weighted by Gasteiger charge is -2.09. The first-order chi connectivity index (χ1) is 8.70. The monoisotopic (exact) mass is 303 g/mol. The number of hydrogen-bond donors (Lipinski definition) is 2. The Hall–Kier alpha value is -1.65. The first-order valence-corrected chi connectivity index (χ1v) is 6.37. The Kier molecular flexibility index (Phi) is 4.12. The lowest BCUT2D eigenvalue weighted by atomic mass is 10.1. The van der Waals surface area contributed by atoms with Crippen molar-refractivity contribution in [3.05, 3.63) is 64.1 Å². The zero-order valence-electron chi connectivity index (χ0n) is 10.0. The molecular weight excluding hydrogens is 290 g/mol. The van der Waals surface area contributed by atoms with Gasteiger partial charge in [-0.2, -0.15) is 0 Å². The summed E-state index contributed by atoms with van der Waals surface area (Å²) in [7, 11) is 0. The molecule has 0 bridgehead atoms. The van der Waals surface area contributed by atoms with Crippen molar-refractivity contribution in [1.29, 1.82) is 0 Å². The number of rotatable bonds is 2. The van der Waals surface area contributed by atoms with E-state index in [-0.39, 0.29) is 0 Å². The maximum absolute atomic E-state index is 5.57. The number of hydrazine groups is 1. The summed E-state index contributed by atoms with van der Waals surface area (Å²) in [6, 6.07) is 15.8. The van der Waals surface area contributed by atoms with Crippen LogP contribution in [0, 0.1) is 6.92 Å². The van der Waals surface area contributed by atoms with Crippen molar-refractivity contribution in [2.24, 2.45) is 10.8 Å². The van der Waals surface area contributed by atoms with Crippen LogP contribution in [0.2, 0.25) is 0 Å². The van der Waals surface area contributed by atoms with Gasteiger partial charge in [-0.05, 0) is 31.2 Å². The Morgan fingerprint density at radius 2 is 1.89 bits per heavy atom. The first-order valence-electron chi connectivity index (χ1n) is 5.57. The van der Waals surface area contributed by atoms with E-state index in [0.717, 1.165) is 21.3 Å². The molecule has 0 aliphatic carbocycles. The fraction of sp³-hybridized carbons (Fsp3) is 0.0714. The molecule has 0 fully saturated rings. The van der Waals surface area contributed by atoms with Gasteiger partial charge in [-0.1, -0.05) is 45.8 Å². The van der Waals surface area contributed by atoms with E-state index in [1.54, 1.807) is 0 Å². The minimum absolute atomic E-state index is 0.636. The van der Waals surface area contributed by atoms with Crippen LogP contribution in [0.1, 0.15) is 11.1 Å². The highest BCUT2D eigenvalue weighted by Gasteiger charge is 2.07. The summed E-state index contributed by atoms with van der Waals surface area (Å²) in [6.07, 6.45) is 0. The van der Waals surface area contributed by atoms with Crippen molar-refractivity contribution >= 4 is 27.5 Å². The van der Waals surface area contributed by atoms with Gasteiger partial charge in [-0.3, -0.25) is 0 Å². The third kappa shape index (κ3) is 2.97. The molecule has 0 aliphatic rings. The number of aliphatic imine (C=N–C) groups is 1. The molecule has 0 aliphatic heterocycles. The van der Waals surface area contributed by atoms with Crippen molar-refractivity contribution < 1.29 is 0 Å². The molecule has 0 aromatic heterocycles. The van der Waals surface area contributed by atoms with Gasteiger partial charge in [-0.15, -0.1) is 0 Å². The second-order valence-corrected chi connectivity index (χ2v) is 4.78. The lowest BCUT2D eigenvalue weighted by Crippen LogP contribution is -2.31. The standard InChI is InChI=1S/C14H14BrN3/c1-10-7-8-13(15)12(9-10)14(18-16)17-11-5-3-2-4-6-11/h2-9H,16H2,1H3,(H,17,18). The number of aryl methyl sites for hydroxylation is 1. The van der Waals surface area contributed by atoms with Crippen LogP contribution in [0.3, 0.4) is 0 Å². The number of amidine groups is 1. The smallest absolute Gasteiger partial charge is 0.149 e. The van der Waals surface area contributed by atoms with E-state index in [1.807, 2.05) is 55.5 Å². The van der Waals surface area contributed by atoms with Crippen molar-refractivity contribution in [1.82, 2.24) is 5.43 Å². The van der Waals surface area contributed by atoms with Crippen LogP contribution in [-0.4, -0.2) is 5.84 Å². The van der Waals surface area contributed by atoms with E-state index in [2.05, 4.69) is 26.3 Å². The van der Waals surface area contributed by atoms with Crippen LogP contribution in [0.15, 0.2) is 58.0 Å². The first kappa shape index (κ1) is 12.8. The molecule has 0 saturated carbocycles. The van der Waals surface area contributed by atoms with Crippen molar-refractivity contribution in [2.45, 2.75) is 6.92 Å². The fourth-order valence-corrected chi connectivity index (χ4v) is 2.06. The van der Waals surface area contributed by atoms with Crippen LogP contribution in [0.4, 0.5) is 5.69 Å². The molecule has 92 valence electrons. The summed E-state index contributed by atoms with van der Waals surface area (Å²) >= 11 is 3.51.